The van der Waals surface area contributed by atoms with Crippen molar-refractivity contribution in [3.05, 3.63) is 17.0 Å². The van der Waals surface area contributed by atoms with E-state index in [0.717, 1.165) is 36.7 Å². The quantitative estimate of drug-likeness (QED) is 0.894. The van der Waals surface area contributed by atoms with Crippen LogP contribution in [-0.2, 0) is 11.3 Å². The van der Waals surface area contributed by atoms with E-state index in [1.54, 1.807) is 4.90 Å². The zero-order valence-electron chi connectivity index (χ0n) is 13.4. The second-order valence-electron chi connectivity index (χ2n) is 6.40. The van der Waals surface area contributed by atoms with Crippen molar-refractivity contribution in [3.63, 3.8) is 0 Å². The average Bonchev–Trinajstić information content (AvgIpc) is 3.04. The fourth-order valence-electron chi connectivity index (χ4n) is 3.19. The van der Waals surface area contributed by atoms with E-state index in [1.165, 1.54) is 0 Å². The van der Waals surface area contributed by atoms with Crippen molar-refractivity contribution in [3.8, 4) is 0 Å². The maximum atomic E-state index is 13.2. The van der Waals surface area contributed by atoms with Gasteiger partial charge in [0.25, 0.3) is 5.92 Å². The van der Waals surface area contributed by atoms with Gasteiger partial charge < -0.3 is 9.42 Å². The third kappa shape index (κ3) is 3.53. The van der Waals surface area contributed by atoms with Crippen LogP contribution in [0.5, 0.6) is 0 Å². The molecule has 0 aromatic carbocycles. The molecule has 6 nitrogen and oxygen atoms in total. The van der Waals surface area contributed by atoms with Gasteiger partial charge in [0.05, 0.1) is 18.3 Å². The second kappa shape index (κ2) is 6.16. The number of carbonyl (C=O) groups excluding carboxylic acids is 1. The minimum atomic E-state index is -2.77. The van der Waals surface area contributed by atoms with Gasteiger partial charge in [0.15, 0.2) is 0 Å². The molecular weight excluding hydrogens is 306 g/mol. The Balaban J connectivity index is 1.52. The summed E-state index contributed by atoms with van der Waals surface area (Å²) in [5, 5.41) is 6.58. The Kier molecular flexibility index (Phi) is 4.37. The number of carbonyl (C=O) groups is 1. The van der Waals surface area contributed by atoms with Gasteiger partial charge in [0.1, 0.15) is 5.76 Å². The molecule has 0 saturated carbocycles. The molecule has 23 heavy (non-hydrogen) atoms. The molecule has 2 aliphatic rings. The number of nitrogens with one attached hydrogen (secondary N) is 1. The molecule has 8 heteroatoms. The van der Waals surface area contributed by atoms with E-state index < -0.39 is 24.9 Å². The summed E-state index contributed by atoms with van der Waals surface area (Å²) < 4.78 is 31.6. The summed E-state index contributed by atoms with van der Waals surface area (Å²) in [4.78, 5) is 16.2. The molecule has 2 fully saturated rings. The maximum Gasteiger partial charge on any atom is 0.262 e. The van der Waals surface area contributed by atoms with Gasteiger partial charge in [-0.3, -0.25) is 15.0 Å². The SMILES string of the molecule is Cc1noc(C)c1CN1CCN(C(=O)C2CC(F)(F)CN2)CC1. The average molecular weight is 328 g/mol. The van der Waals surface area contributed by atoms with E-state index in [9.17, 15) is 13.6 Å². The highest BCUT2D eigenvalue weighted by atomic mass is 19.3. The van der Waals surface area contributed by atoms with E-state index in [1.807, 2.05) is 13.8 Å². The van der Waals surface area contributed by atoms with Crippen LogP contribution in [0.2, 0.25) is 0 Å². The minimum Gasteiger partial charge on any atom is -0.361 e. The lowest BCUT2D eigenvalue weighted by Crippen LogP contribution is -2.52. The van der Waals surface area contributed by atoms with Gasteiger partial charge in [-0.05, 0) is 13.8 Å². The minimum absolute atomic E-state index is 0.209. The topological polar surface area (TPSA) is 61.6 Å². The van der Waals surface area contributed by atoms with Gasteiger partial charge in [-0.1, -0.05) is 5.16 Å². The molecule has 0 radical (unpaired) electrons. The van der Waals surface area contributed by atoms with Crippen LogP contribution in [-0.4, -0.2) is 65.6 Å². The van der Waals surface area contributed by atoms with Crippen LogP contribution in [0.1, 0.15) is 23.4 Å². The molecule has 0 spiro atoms. The van der Waals surface area contributed by atoms with Gasteiger partial charge in [0, 0.05) is 44.7 Å². The molecule has 1 aromatic heterocycles. The standard InChI is InChI=1S/C15H22F2N4O2/c1-10-12(11(2)23-19-10)8-20-3-5-21(6-4-20)14(22)13-7-15(16,17)9-18-13/h13,18H,3-9H2,1-2H3. The summed E-state index contributed by atoms with van der Waals surface area (Å²) in [5.74, 6) is -2.16. The number of piperazine rings is 1. The van der Waals surface area contributed by atoms with Gasteiger partial charge in [-0.2, -0.15) is 0 Å². The summed E-state index contributed by atoms with van der Waals surface area (Å²) in [7, 11) is 0. The van der Waals surface area contributed by atoms with Crippen molar-refractivity contribution >= 4 is 5.91 Å². The second-order valence-corrected chi connectivity index (χ2v) is 6.40. The van der Waals surface area contributed by atoms with Crippen LogP contribution in [0.25, 0.3) is 0 Å². The summed E-state index contributed by atoms with van der Waals surface area (Å²) in [6.45, 7) is 6.70. The lowest BCUT2D eigenvalue weighted by Gasteiger charge is -2.35. The van der Waals surface area contributed by atoms with Gasteiger partial charge >= 0.3 is 0 Å². The van der Waals surface area contributed by atoms with Crippen molar-refractivity contribution < 1.29 is 18.1 Å². The highest BCUT2D eigenvalue weighted by molar-refractivity contribution is 5.82. The van der Waals surface area contributed by atoms with Crippen molar-refractivity contribution in [2.75, 3.05) is 32.7 Å². The number of rotatable bonds is 3. The number of aromatic nitrogens is 1. The van der Waals surface area contributed by atoms with Crippen molar-refractivity contribution in [2.24, 2.45) is 0 Å². The van der Waals surface area contributed by atoms with E-state index in [-0.39, 0.29) is 5.91 Å². The first-order valence-corrected chi connectivity index (χ1v) is 7.90. The Morgan fingerprint density at radius 1 is 1.35 bits per heavy atom. The first-order chi connectivity index (χ1) is 10.9. The summed E-state index contributed by atoms with van der Waals surface area (Å²) in [6.07, 6.45) is -0.398. The lowest BCUT2D eigenvalue weighted by atomic mass is 10.1. The molecule has 1 atom stereocenters. The van der Waals surface area contributed by atoms with Crippen molar-refractivity contribution in [2.45, 2.75) is 38.8 Å². The number of alkyl halides is 2. The van der Waals surface area contributed by atoms with Gasteiger partial charge in [0.2, 0.25) is 5.91 Å². The van der Waals surface area contributed by atoms with Crippen LogP contribution in [0.4, 0.5) is 8.78 Å². The fourth-order valence-corrected chi connectivity index (χ4v) is 3.19. The van der Waals surface area contributed by atoms with Gasteiger partial charge in [-0.25, -0.2) is 8.78 Å². The molecule has 0 bridgehead atoms. The Hall–Kier alpha value is -1.54. The highest BCUT2D eigenvalue weighted by Crippen LogP contribution is 2.26. The summed E-state index contributed by atoms with van der Waals surface area (Å²) >= 11 is 0. The number of halogens is 2. The Morgan fingerprint density at radius 2 is 2.04 bits per heavy atom. The van der Waals surface area contributed by atoms with Crippen LogP contribution in [0.15, 0.2) is 4.52 Å². The summed E-state index contributed by atoms with van der Waals surface area (Å²) in [6, 6.07) is -0.751. The largest absolute Gasteiger partial charge is 0.361 e. The predicted molar refractivity (Wildman–Crippen MR) is 79.2 cm³/mol. The van der Waals surface area contributed by atoms with Crippen LogP contribution >= 0.6 is 0 Å². The van der Waals surface area contributed by atoms with E-state index >= 15 is 0 Å². The maximum absolute atomic E-state index is 13.2. The van der Waals surface area contributed by atoms with E-state index in [4.69, 9.17) is 4.52 Å². The summed E-state index contributed by atoms with van der Waals surface area (Å²) in [5.41, 5.74) is 1.97. The van der Waals surface area contributed by atoms with Gasteiger partial charge in [-0.15, -0.1) is 0 Å². The molecule has 128 valence electrons. The number of amides is 1. The molecule has 2 aliphatic heterocycles. The third-order valence-corrected chi connectivity index (χ3v) is 4.65. The predicted octanol–water partition coefficient (Wildman–Crippen LogP) is 0.933. The van der Waals surface area contributed by atoms with Crippen LogP contribution in [0.3, 0.4) is 0 Å². The number of nitrogens with zero attached hydrogens (tertiary/aromatic N) is 3. The number of hydrogen-bond donors (Lipinski definition) is 1. The zero-order chi connectivity index (χ0) is 16.6. The van der Waals surface area contributed by atoms with Crippen molar-refractivity contribution in [1.29, 1.82) is 0 Å². The molecule has 1 amide bonds. The monoisotopic (exact) mass is 328 g/mol. The smallest absolute Gasteiger partial charge is 0.262 e. The molecule has 3 rings (SSSR count). The fraction of sp³-hybridized carbons (Fsp3) is 0.733. The molecule has 3 heterocycles. The molecule has 0 aliphatic carbocycles. The Bertz CT molecular complexity index is 563. The normalized spacial score (nSPS) is 25.0. The number of hydrogen-bond acceptors (Lipinski definition) is 5. The lowest BCUT2D eigenvalue weighted by molar-refractivity contribution is -0.135. The highest BCUT2D eigenvalue weighted by Gasteiger charge is 2.43. The van der Waals surface area contributed by atoms with E-state index in [0.29, 0.717) is 13.1 Å². The third-order valence-electron chi connectivity index (χ3n) is 4.65. The molecule has 1 aromatic rings. The number of aryl methyl sites for hydroxylation is 2. The Morgan fingerprint density at radius 3 is 2.57 bits per heavy atom. The molecule has 1 unspecified atom stereocenters. The van der Waals surface area contributed by atoms with Crippen LogP contribution < -0.4 is 5.32 Å². The van der Waals surface area contributed by atoms with Crippen LogP contribution in [0, 0.1) is 13.8 Å². The van der Waals surface area contributed by atoms with Crippen molar-refractivity contribution in [1.82, 2.24) is 20.3 Å². The molecule has 2 saturated heterocycles. The zero-order valence-corrected chi connectivity index (χ0v) is 13.4. The molecular formula is C15H22F2N4O2. The van der Waals surface area contributed by atoms with E-state index in [2.05, 4.69) is 15.4 Å². The molecule has 1 N–H and O–H groups in total. The Labute approximate surface area is 133 Å². The first kappa shape index (κ1) is 16.3. The first-order valence-electron chi connectivity index (χ1n) is 7.90.